The highest BCUT2D eigenvalue weighted by atomic mass is 15.1. The lowest BCUT2D eigenvalue weighted by molar-refractivity contribution is 0.334. The van der Waals surface area contributed by atoms with Crippen molar-refractivity contribution in [3.63, 3.8) is 0 Å². The predicted octanol–water partition coefficient (Wildman–Crippen LogP) is 1.45. The zero-order valence-corrected chi connectivity index (χ0v) is 12.9. The van der Waals surface area contributed by atoms with Crippen LogP contribution in [0, 0.1) is 0 Å². The maximum Gasteiger partial charge on any atom is 0.188 e. The van der Waals surface area contributed by atoms with Crippen molar-refractivity contribution < 1.29 is 0 Å². The maximum atomic E-state index is 5.91. The summed E-state index contributed by atoms with van der Waals surface area (Å²) in [6.07, 6.45) is 5.50. The van der Waals surface area contributed by atoms with Crippen LogP contribution in [0.3, 0.4) is 0 Å². The van der Waals surface area contributed by atoms with Crippen molar-refractivity contribution in [2.45, 2.75) is 25.8 Å². The third kappa shape index (κ3) is 3.98. The lowest BCUT2D eigenvalue weighted by Gasteiger charge is -2.14. The van der Waals surface area contributed by atoms with Crippen LogP contribution >= 0.6 is 0 Å². The molecule has 0 bridgehead atoms. The van der Waals surface area contributed by atoms with Crippen molar-refractivity contribution in [2.75, 3.05) is 26.2 Å². The zero-order chi connectivity index (χ0) is 15.2. The van der Waals surface area contributed by atoms with E-state index in [1.54, 1.807) is 6.33 Å². The summed E-state index contributed by atoms with van der Waals surface area (Å²) in [5, 5.41) is 3.19. The standard InChI is InChI=1S/C16H24N6/c17-16(18-6-3-9-22-7-1-2-8-22)19-11-13-4-5-14-15(10-13)21-12-20-14/h4-5,10,12H,1-3,6-9,11H2,(H,20,21)(H3,17,18,19). The second kappa shape index (κ2) is 7.26. The Morgan fingerprint density at radius 2 is 2.23 bits per heavy atom. The molecule has 3 rings (SSSR count). The molecule has 0 spiro atoms. The van der Waals surface area contributed by atoms with Crippen molar-refractivity contribution in [3.8, 4) is 0 Å². The summed E-state index contributed by atoms with van der Waals surface area (Å²) >= 11 is 0. The third-order valence-corrected chi connectivity index (χ3v) is 4.07. The number of hydrogen-bond acceptors (Lipinski definition) is 3. The Morgan fingerprint density at radius 3 is 3.09 bits per heavy atom. The summed E-state index contributed by atoms with van der Waals surface area (Å²) in [5.41, 5.74) is 9.04. The number of nitrogens with one attached hydrogen (secondary N) is 2. The van der Waals surface area contributed by atoms with Crippen LogP contribution in [0.4, 0.5) is 0 Å². The van der Waals surface area contributed by atoms with Gasteiger partial charge in [-0.2, -0.15) is 0 Å². The number of nitrogens with zero attached hydrogens (tertiary/aromatic N) is 3. The van der Waals surface area contributed by atoms with Gasteiger partial charge in [-0.25, -0.2) is 9.98 Å². The average molecular weight is 300 g/mol. The second-order valence-electron chi connectivity index (χ2n) is 5.78. The van der Waals surface area contributed by atoms with Crippen molar-refractivity contribution >= 4 is 17.0 Å². The second-order valence-corrected chi connectivity index (χ2v) is 5.78. The van der Waals surface area contributed by atoms with E-state index in [9.17, 15) is 0 Å². The summed E-state index contributed by atoms with van der Waals surface area (Å²) in [4.78, 5) is 14.2. The molecule has 6 nitrogen and oxygen atoms in total. The van der Waals surface area contributed by atoms with E-state index in [4.69, 9.17) is 5.73 Å². The fourth-order valence-electron chi connectivity index (χ4n) is 2.84. The van der Waals surface area contributed by atoms with Gasteiger partial charge in [0.2, 0.25) is 0 Å². The Bertz CT molecular complexity index is 626. The molecule has 2 heterocycles. The zero-order valence-electron chi connectivity index (χ0n) is 12.9. The van der Waals surface area contributed by atoms with Gasteiger partial charge in [0.1, 0.15) is 0 Å². The van der Waals surface area contributed by atoms with Gasteiger partial charge in [0.25, 0.3) is 0 Å². The van der Waals surface area contributed by atoms with Crippen LogP contribution in [-0.4, -0.2) is 47.0 Å². The fraction of sp³-hybridized carbons (Fsp3) is 0.500. The van der Waals surface area contributed by atoms with Crippen LogP contribution in [0.15, 0.2) is 29.5 Å². The number of imidazole rings is 1. The van der Waals surface area contributed by atoms with Crippen LogP contribution in [0.25, 0.3) is 11.0 Å². The summed E-state index contributed by atoms with van der Waals surface area (Å²) in [5.74, 6) is 0.520. The van der Waals surface area contributed by atoms with Gasteiger partial charge in [-0.1, -0.05) is 6.07 Å². The first-order valence-corrected chi connectivity index (χ1v) is 7.99. The molecule has 1 saturated heterocycles. The van der Waals surface area contributed by atoms with E-state index in [-0.39, 0.29) is 0 Å². The number of benzene rings is 1. The third-order valence-electron chi connectivity index (χ3n) is 4.07. The van der Waals surface area contributed by atoms with E-state index in [0.717, 1.165) is 36.1 Å². The average Bonchev–Trinajstić information content (AvgIpc) is 3.20. The Labute approximate surface area is 130 Å². The number of fused-ring (bicyclic) bond motifs is 1. The number of aliphatic imine (C=N–C) groups is 1. The Kier molecular flexibility index (Phi) is 4.90. The number of H-pyrrole nitrogens is 1. The molecule has 0 radical (unpaired) electrons. The molecule has 22 heavy (non-hydrogen) atoms. The molecule has 4 N–H and O–H groups in total. The van der Waals surface area contributed by atoms with Crippen LogP contribution in [0.1, 0.15) is 24.8 Å². The van der Waals surface area contributed by atoms with E-state index in [1.165, 1.54) is 25.9 Å². The number of hydrogen-bond donors (Lipinski definition) is 3. The number of aromatic nitrogens is 2. The van der Waals surface area contributed by atoms with Crippen molar-refractivity contribution in [1.29, 1.82) is 0 Å². The first-order valence-electron chi connectivity index (χ1n) is 7.99. The molecule has 0 unspecified atom stereocenters. The summed E-state index contributed by atoms with van der Waals surface area (Å²) < 4.78 is 0. The quantitative estimate of drug-likeness (QED) is 0.428. The maximum absolute atomic E-state index is 5.91. The van der Waals surface area contributed by atoms with E-state index in [1.807, 2.05) is 12.1 Å². The van der Waals surface area contributed by atoms with E-state index < -0.39 is 0 Å². The smallest absolute Gasteiger partial charge is 0.188 e. The number of likely N-dealkylation sites (tertiary alicyclic amines) is 1. The molecule has 6 heteroatoms. The van der Waals surface area contributed by atoms with Gasteiger partial charge < -0.3 is 20.9 Å². The van der Waals surface area contributed by atoms with Gasteiger partial charge in [-0.05, 0) is 56.6 Å². The van der Waals surface area contributed by atoms with Crippen LogP contribution in [0.5, 0.6) is 0 Å². The fourth-order valence-corrected chi connectivity index (χ4v) is 2.84. The molecule has 1 aromatic heterocycles. The normalized spacial score (nSPS) is 16.5. The lowest BCUT2D eigenvalue weighted by atomic mass is 10.2. The molecule has 0 saturated carbocycles. The monoisotopic (exact) mass is 300 g/mol. The molecule has 1 aromatic carbocycles. The topological polar surface area (TPSA) is 82.3 Å². The van der Waals surface area contributed by atoms with Crippen molar-refractivity contribution in [2.24, 2.45) is 10.7 Å². The minimum absolute atomic E-state index is 0.520. The van der Waals surface area contributed by atoms with Gasteiger partial charge in [-0.3, -0.25) is 0 Å². The van der Waals surface area contributed by atoms with E-state index in [0.29, 0.717) is 12.5 Å². The number of aromatic amines is 1. The van der Waals surface area contributed by atoms with E-state index in [2.05, 4.69) is 31.2 Å². The number of nitrogens with two attached hydrogens (primary N) is 1. The Balaban J connectivity index is 1.41. The number of rotatable bonds is 6. The summed E-state index contributed by atoms with van der Waals surface area (Å²) in [6, 6.07) is 6.09. The first kappa shape index (κ1) is 14.8. The molecule has 0 aliphatic carbocycles. The highest BCUT2D eigenvalue weighted by Gasteiger charge is 2.09. The van der Waals surface area contributed by atoms with Gasteiger partial charge in [0.05, 0.1) is 23.9 Å². The Hall–Kier alpha value is -2.08. The highest BCUT2D eigenvalue weighted by molar-refractivity contribution is 5.78. The molecule has 118 valence electrons. The molecule has 1 aliphatic rings. The molecule has 1 aliphatic heterocycles. The molecule has 0 atom stereocenters. The first-order chi connectivity index (χ1) is 10.8. The SMILES string of the molecule is NC(=NCc1ccc2nc[nH]c2c1)NCCCN1CCCC1. The van der Waals surface area contributed by atoms with E-state index >= 15 is 0 Å². The highest BCUT2D eigenvalue weighted by Crippen LogP contribution is 2.12. The van der Waals surface area contributed by atoms with Gasteiger partial charge in [0.15, 0.2) is 5.96 Å². The van der Waals surface area contributed by atoms with Crippen LogP contribution in [0.2, 0.25) is 0 Å². The summed E-state index contributed by atoms with van der Waals surface area (Å²) in [7, 11) is 0. The summed E-state index contributed by atoms with van der Waals surface area (Å²) in [6.45, 7) is 5.11. The largest absolute Gasteiger partial charge is 0.370 e. The predicted molar refractivity (Wildman–Crippen MR) is 89.7 cm³/mol. The van der Waals surface area contributed by atoms with Gasteiger partial charge in [-0.15, -0.1) is 0 Å². The molecule has 2 aromatic rings. The minimum atomic E-state index is 0.520. The van der Waals surface area contributed by atoms with Crippen LogP contribution in [-0.2, 0) is 6.54 Å². The molecule has 0 amide bonds. The van der Waals surface area contributed by atoms with Gasteiger partial charge in [0, 0.05) is 6.54 Å². The Morgan fingerprint density at radius 1 is 1.36 bits per heavy atom. The molecule has 1 fully saturated rings. The van der Waals surface area contributed by atoms with Gasteiger partial charge >= 0.3 is 0 Å². The number of guanidine groups is 1. The molecular weight excluding hydrogens is 276 g/mol. The van der Waals surface area contributed by atoms with Crippen molar-refractivity contribution in [1.82, 2.24) is 20.2 Å². The lowest BCUT2D eigenvalue weighted by Crippen LogP contribution is -2.34. The molecular formula is C16H24N6. The van der Waals surface area contributed by atoms with Crippen molar-refractivity contribution in [3.05, 3.63) is 30.1 Å². The van der Waals surface area contributed by atoms with Crippen LogP contribution < -0.4 is 11.1 Å². The minimum Gasteiger partial charge on any atom is -0.370 e.